The molecular weight excluding hydrogens is 457 g/mol. The lowest BCUT2D eigenvalue weighted by Crippen LogP contribution is -2.08. The molecule has 0 radical (unpaired) electrons. The Morgan fingerprint density at radius 3 is 2.68 bits per heavy atom. The maximum atomic E-state index is 13.1. The minimum atomic E-state index is -4.49. The van der Waals surface area contributed by atoms with E-state index < -0.39 is 17.4 Å². The molecule has 4 nitrogen and oxygen atoms in total. The molecule has 2 aromatic carbocycles. The minimum Gasteiger partial charge on any atom is -0.422 e. The van der Waals surface area contributed by atoms with E-state index in [2.05, 4.69) is 26.2 Å². The molecule has 0 aliphatic carbocycles. The Morgan fingerprint density at radius 1 is 1.11 bits per heavy atom. The monoisotopic (exact) mass is 466 g/mol. The number of aromatic nitrogens is 1. The summed E-state index contributed by atoms with van der Waals surface area (Å²) in [6.07, 6.45) is -4.49. The summed E-state index contributed by atoms with van der Waals surface area (Å²) in [5, 5.41) is 5.21. The molecule has 0 atom stereocenters. The van der Waals surface area contributed by atoms with Crippen LogP contribution >= 0.6 is 27.3 Å². The van der Waals surface area contributed by atoms with E-state index in [-0.39, 0.29) is 16.4 Å². The van der Waals surface area contributed by atoms with Gasteiger partial charge in [-0.15, -0.1) is 11.3 Å². The fraction of sp³-hybridized carbons (Fsp3) is 0.0526. The van der Waals surface area contributed by atoms with Crippen molar-refractivity contribution in [1.82, 2.24) is 4.98 Å². The van der Waals surface area contributed by atoms with Gasteiger partial charge in [-0.2, -0.15) is 13.2 Å². The van der Waals surface area contributed by atoms with E-state index in [1.807, 2.05) is 0 Å². The quantitative estimate of drug-likeness (QED) is 0.353. The fourth-order valence-corrected chi connectivity index (χ4v) is 3.78. The van der Waals surface area contributed by atoms with Crippen LogP contribution in [0.15, 0.2) is 67.6 Å². The van der Waals surface area contributed by atoms with Gasteiger partial charge in [0.2, 0.25) is 0 Å². The van der Waals surface area contributed by atoms with Crippen molar-refractivity contribution >= 4 is 49.1 Å². The smallest absolute Gasteiger partial charge is 0.418 e. The number of anilines is 2. The molecule has 0 fully saturated rings. The third-order valence-electron chi connectivity index (χ3n) is 3.95. The van der Waals surface area contributed by atoms with Crippen molar-refractivity contribution in [3.63, 3.8) is 0 Å². The molecule has 9 heteroatoms. The van der Waals surface area contributed by atoms with Crippen LogP contribution in [-0.4, -0.2) is 4.98 Å². The molecule has 1 N–H and O–H groups in total. The zero-order chi connectivity index (χ0) is 19.9. The van der Waals surface area contributed by atoms with Gasteiger partial charge >= 0.3 is 11.8 Å². The van der Waals surface area contributed by atoms with E-state index in [1.54, 1.807) is 29.6 Å². The van der Waals surface area contributed by atoms with E-state index in [4.69, 9.17) is 4.42 Å². The summed E-state index contributed by atoms with van der Waals surface area (Å²) in [7, 11) is 0. The fourth-order valence-electron chi connectivity index (χ4n) is 2.68. The highest BCUT2D eigenvalue weighted by molar-refractivity contribution is 9.10. The van der Waals surface area contributed by atoms with Crippen LogP contribution in [0, 0.1) is 0 Å². The second-order valence-corrected chi connectivity index (χ2v) is 7.61. The van der Waals surface area contributed by atoms with Crippen molar-refractivity contribution in [2.75, 3.05) is 5.32 Å². The molecule has 2 aromatic heterocycles. The maximum Gasteiger partial charge on any atom is 0.418 e. The van der Waals surface area contributed by atoms with Crippen molar-refractivity contribution in [1.29, 1.82) is 0 Å². The largest absolute Gasteiger partial charge is 0.422 e. The predicted octanol–water partition coefficient (Wildman–Crippen LogP) is 6.44. The Hall–Kier alpha value is -2.65. The van der Waals surface area contributed by atoms with Gasteiger partial charge in [0.05, 0.1) is 22.5 Å². The number of hydrogen-bond acceptors (Lipinski definition) is 5. The number of thiazole rings is 1. The lowest BCUT2D eigenvalue weighted by Gasteiger charge is -2.12. The number of rotatable bonds is 3. The highest BCUT2D eigenvalue weighted by atomic mass is 79.9. The summed E-state index contributed by atoms with van der Waals surface area (Å²) in [6.45, 7) is 0. The van der Waals surface area contributed by atoms with E-state index in [1.165, 1.54) is 18.2 Å². The summed E-state index contributed by atoms with van der Waals surface area (Å²) in [4.78, 5) is 16.5. The zero-order valence-electron chi connectivity index (χ0n) is 13.9. The first kappa shape index (κ1) is 18.7. The Kier molecular flexibility index (Phi) is 4.72. The van der Waals surface area contributed by atoms with Crippen LogP contribution in [0.5, 0.6) is 0 Å². The van der Waals surface area contributed by atoms with Crippen molar-refractivity contribution in [3.05, 3.63) is 74.4 Å². The van der Waals surface area contributed by atoms with E-state index in [0.29, 0.717) is 16.7 Å². The number of para-hydroxylation sites is 1. The van der Waals surface area contributed by atoms with Crippen molar-refractivity contribution < 1.29 is 17.6 Å². The Labute approximate surface area is 168 Å². The molecule has 28 heavy (non-hydrogen) atoms. The van der Waals surface area contributed by atoms with Gasteiger partial charge in [-0.3, -0.25) is 0 Å². The third-order valence-corrected chi connectivity index (χ3v) is 5.20. The van der Waals surface area contributed by atoms with E-state index in [9.17, 15) is 18.0 Å². The zero-order valence-corrected chi connectivity index (χ0v) is 16.3. The van der Waals surface area contributed by atoms with Crippen molar-refractivity contribution in [2.24, 2.45) is 0 Å². The molecule has 4 rings (SSSR count). The SMILES string of the molecule is O=c1oc2ccc(Br)cc2cc1-c1csc(Nc2ccccc2C(F)(F)F)n1. The Balaban J connectivity index is 1.70. The molecule has 0 saturated heterocycles. The highest BCUT2D eigenvalue weighted by Crippen LogP contribution is 2.37. The Morgan fingerprint density at radius 2 is 1.89 bits per heavy atom. The van der Waals surface area contributed by atoms with Crippen LogP contribution < -0.4 is 10.9 Å². The van der Waals surface area contributed by atoms with Gasteiger partial charge in [-0.1, -0.05) is 28.1 Å². The average molecular weight is 467 g/mol. The molecule has 0 aliphatic rings. The summed E-state index contributed by atoms with van der Waals surface area (Å²) in [6, 6.07) is 12.0. The standard InChI is InChI=1S/C19H10BrF3N2O2S/c20-11-5-6-16-10(7-11)8-12(17(26)27-16)15-9-28-18(25-15)24-14-4-2-1-3-13(14)19(21,22)23/h1-9H,(H,24,25). The number of benzene rings is 2. The number of halogens is 4. The van der Waals surface area contributed by atoms with Gasteiger partial charge in [-0.25, -0.2) is 9.78 Å². The van der Waals surface area contributed by atoms with Crippen molar-refractivity contribution in [3.8, 4) is 11.3 Å². The van der Waals surface area contributed by atoms with Crippen LogP contribution in [-0.2, 0) is 6.18 Å². The molecule has 0 unspecified atom stereocenters. The minimum absolute atomic E-state index is 0.106. The van der Waals surface area contributed by atoms with Crippen LogP contribution in [0.3, 0.4) is 0 Å². The molecule has 0 bridgehead atoms. The average Bonchev–Trinajstić information content (AvgIpc) is 3.09. The number of hydrogen-bond donors (Lipinski definition) is 1. The highest BCUT2D eigenvalue weighted by Gasteiger charge is 2.33. The lowest BCUT2D eigenvalue weighted by molar-refractivity contribution is -0.136. The molecule has 2 heterocycles. The van der Waals surface area contributed by atoms with Crippen LogP contribution in [0.25, 0.3) is 22.2 Å². The first-order valence-electron chi connectivity index (χ1n) is 7.94. The molecule has 4 aromatic rings. The summed E-state index contributed by atoms with van der Waals surface area (Å²) >= 11 is 4.46. The van der Waals surface area contributed by atoms with Crippen LogP contribution in [0.1, 0.15) is 5.56 Å². The molecule has 0 aliphatic heterocycles. The first-order valence-corrected chi connectivity index (χ1v) is 9.61. The van der Waals surface area contributed by atoms with Gasteiger partial charge < -0.3 is 9.73 Å². The van der Waals surface area contributed by atoms with Crippen LogP contribution in [0.2, 0.25) is 0 Å². The van der Waals surface area contributed by atoms with E-state index in [0.717, 1.165) is 21.9 Å². The molecule has 0 spiro atoms. The van der Waals surface area contributed by atoms with Crippen molar-refractivity contribution in [2.45, 2.75) is 6.18 Å². The third kappa shape index (κ3) is 3.67. The number of nitrogens with one attached hydrogen (secondary N) is 1. The van der Waals surface area contributed by atoms with Gasteiger partial charge in [0.25, 0.3) is 0 Å². The predicted molar refractivity (Wildman–Crippen MR) is 106 cm³/mol. The molecule has 0 amide bonds. The summed E-state index contributed by atoms with van der Waals surface area (Å²) in [5.41, 5.74) is -0.467. The number of nitrogens with zero attached hydrogens (tertiary/aromatic N) is 1. The maximum absolute atomic E-state index is 13.1. The van der Waals surface area contributed by atoms with Gasteiger partial charge in [0, 0.05) is 15.2 Å². The van der Waals surface area contributed by atoms with Crippen LogP contribution in [0.4, 0.5) is 24.0 Å². The van der Waals surface area contributed by atoms with E-state index >= 15 is 0 Å². The Bertz CT molecular complexity index is 1230. The van der Waals surface area contributed by atoms with Gasteiger partial charge in [0.15, 0.2) is 5.13 Å². The number of fused-ring (bicyclic) bond motifs is 1. The van der Waals surface area contributed by atoms with Gasteiger partial charge in [-0.05, 0) is 36.4 Å². The number of alkyl halides is 3. The second kappa shape index (κ2) is 7.06. The molecular formula is C19H10BrF3N2O2S. The van der Waals surface area contributed by atoms with Gasteiger partial charge in [0.1, 0.15) is 5.58 Å². The molecule has 142 valence electrons. The topological polar surface area (TPSA) is 55.1 Å². The second-order valence-electron chi connectivity index (χ2n) is 5.84. The first-order chi connectivity index (χ1) is 13.3. The molecule has 0 saturated carbocycles. The summed E-state index contributed by atoms with van der Waals surface area (Å²) in [5.74, 6) is 0. The normalized spacial score (nSPS) is 11.7. The lowest BCUT2D eigenvalue weighted by atomic mass is 10.1. The summed E-state index contributed by atoms with van der Waals surface area (Å²) < 4.78 is 45.6.